The minimum atomic E-state index is 0.560. The highest BCUT2D eigenvalue weighted by Crippen LogP contribution is 2.20. The van der Waals surface area contributed by atoms with Crippen LogP contribution >= 0.6 is 0 Å². The summed E-state index contributed by atoms with van der Waals surface area (Å²) in [5, 5.41) is 6.72. The van der Waals surface area contributed by atoms with Crippen molar-refractivity contribution in [2.45, 2.75) is 13.1 Å². The first-order valence-corrected chi connectivity index (χ1v) is 3.51. The Labute approximate surface area is 64.2 Å². The molecule has 4 heteroatoms. The van der Waals surface area contributed by atoms with Crippen LogP contribution in [0.15, 0.2) is 0 Å². The van der Waals surface area contributed by atoms with Crippen LogP contribution in [0.3, 0.4) is 0 Å². The summed E-state index contributed by atoms with van der Waals surface area (Å²) in [5.41, 5.74) is 2.70. The summed E-state index contributed by atoms with van der Waals surface area (Å²) in [6, 6.07) is 0. The number of H-pyrrole nitrogens is 1. The lowest BCUT2D eigenvalue weighted by molar-refractivity contribution is 0.111. The average molecular weight is 151 g/mol. The number of aromatic nitrogens is 2. The van der Waals surface area contributed by atoms with Gasteiger partial charge in [-0.1, -0.05) is 0 Å². The smallest absolute Gasteiger partial charge is 0.170 e. The van der Waals surface area contributed by atoms with Gasteiger partial charge >= 0.3 is 0 Å². The normalized spacial score (nSPS) is 16.8. The van der Waals surface area contributed by atoms with Gasteiger partial charge in [0.25, 0.3) is 0 Å². The van der Waals surface area contributed by atoms with Crippen LogP contribution < -0.4 is 0 Å². The summed E-state index contributed by atoms with van der Waals surface area (Å²) in [6.45, 7) is 1.70. The van der Waals surface area contributed by atoms with Gasteiger partial charge in [0.15, 0.2) is 6.29 Å². The van der Waals surface area contributed by atoms with Crippen molar-refractivity contribution >= 4 is 6.29 Å². The van der Waals surface area contributed by atoms with E-state index in [0.29, 0.717) is 5.69 Å². The monoisotopic (exact) mass is 151 g/mol. The first-order valence-electron chi connectivity index (χ1n) is 3.51. The van der Waals surface area contributed by atoms with Gasteiger partial charge in [0.2, 0.25) is 0 Å². The zero-order chi connectivity index (χ0) is 7.84. The molecule has 0 spiro atoms. The van der Waals surface area contributed by atoms with Crippen LogP contribution in [0.2, 0.25) is 0 Å². The summed E-state index contributed by atoms with van der Waals surface area (Å²) in [4.78, 5) is 12.6. The van der Waals surface area contributed by atoms with Gasteiger partial charge in [0.1, 0.15) is 5.69 Å². The summed E-state index contributed by atoms with van der Waals surface area (Å²) < 4.78 is 0. The van der Waals surface area contributed by atoms with Crippen molar-refractivity contribution in [3.8, 4) is 0 Å². The topological polar surface area (TPSA) is 49.0 Å². The molecule has 0 aromatic carbocycles. The van der Waals surface area contributed by atoms with E-state index in [1.165, 1.54) is 0 Å². The highest BCUT2D eigenvalue weighted by molar-refractivity contribution is 5.74. The second kappa shape index (κ2) is 2.17. The maximum atomic E-state index is 10.4. The van der Waals surface area contributed by atoms with E-state index in [9.17, 15) is 4.79 Å². The maximum Gasteiger partial charge on any atom is 0.170 e. The minimum absolute atomic E-state index is 0.560. The predicted octanol–water partition coefficient (Wildman–Crippen LogP) is 0.168. The quantitative estimate of drug-likeness (QED) is 0.582. The third-order valence-corrected chi connectivity index (χ3v) is 1.95. The summed E-state index contributed by atoms with van der Waals surface area (Å²) in [5.74, 6) is 0. The van der Waals surface area contributed by atoms with Crippen molar-refractivity contribution in [1.82, 2.24) is 15.1 Å². The molecule has 0 unspecified atom stereocenters. The molecule has 1 N–H and O–H groups in total. The standard InChI is InChI=1S/C7H9N3O/c1-10-2-5-6(3-10)8-9-7(5)4-11/h4H,2-3H2,1H3,(H,8,9). The van der Waals surface area contributed by atoms with E-state index in [1.54, 1.807) is 0 Å². The van der Waals surface area contributed by atoms with Crippen LogP contribution in [0.5, 0.6) is 0 Å². The third kappa shape index (κ3) is 0.867. The van der Waals surface area contributed by atoms with E-state index in [2.05, 4.69) is 15.1 Å². The first kappa shape index (κ1) is 6.54. The fourth-order valence-electron chi connectivity index (χ4n) is 1.42. The van der Waals surface area contributed by atoms with Crippen molar-refractivity contribution in [2.75, 3.05) is 7.05 Å². The number of aromatic amines is 1. The van der Waals surface area contributed by atoms with E-state index in [0.717, 1.165) is 30.6 Å². The van der Waals surface area contributed by atoms with Gasteiger partial charge in [-0.25, -0.2) is 0 Å². The zero-order valence-electron chi connectivity index (χ0n) is 6.29. The number of rotatable bonds is 1. The van der Waals surface area contributed by atoms with Crippen molar-refractivity contribution in [3.05, 3.63) is 17.0 Å². The Morgan fingerprint density at radius 2 is 2.45 bits per heavy atom. The number of nitrogens with zero attached hydrogens (tertiary/aromatic N) is 2. The molecule has 0 bridgehead atoms. The minimum Gasteiger partial charge on any atom is -0.296 e. The number of fused-ring (bicyclic) bond motifs is 1. The van der Waals surface area contributed by atoms with E-state index < -0.39 is 0 Å². The Morgan fingerprint density at radius 3 is 3.18 bits per heavy atom. The molecule has 58 valence electrons. The SMILES string of the molecule is CN1Cc2[nH]nc(C=O)c2C1. The zero-order valence-corrected chi connectivity index (χ0v) is 6.29. The molecule has 1 aliphatic heterocycles. The molecule has 0 aliphatic carbocycles. The number of nitrogens with one attached hydrogen (secondary N) is 1. The second-order valence-corrected chi connectivity index (χ2v) is 2.86. The molecule has 2 heterocycles. The molecule has 0 radical (unpaired) electrons. The molecule has 0 fully saturated rings. The van der Waals surface area contributed by atoms with Crippen LogP contribution in [0, 0.1) is 0 Å². The molecule has 2 rings (SSSR count). The van der Waals surface area contributed by atoms with Crippen LogP contribution in [0.25, 0.3) is 0 Å². The number of carbonyl (C=O) groups is 1. The lowest BCUT2D eigenvalue weighted by Crippen LogP contribution is -2.09. The number of hydrogen-bond acceptors (Lipinski definition) is 3. The van der Waals surface area contributed by atoms with E-state index in [-0.39, 0.29) is 0 Å². The van der Waals surface area contributed by atoms with Gasteiger partial charge in [-0.15, -0.1) is 0 Å². The second-order valence-electron chi connectivity index (χ2n) is 2.86. The average Bonchev–Trinajstić information content (AvgIpc) is 2.45. The van der Waals surface area contributed by atoms with Crippen LogP contribution in [0.1, 0.15) is 21.7 Å². The molecule has 4 nitrogen and oxygen atoms in total. The molecule has 0 atom stereocenters. The van der Waals surface area contributed by atoms with Crippen LogP contribution in [-0.4, -0.2) is 28.4 Å². The Morgan fingerprint density at radius 1 is 1.64 bits per heavy atom. The highest BCUT2D eigenvalue weighted by atomic mass is 16.1. The van der Waals surface area contributed by atoms with Crippen molar-refractivity contribution in [1.29, 1.82) is 0 Å². The van der Waals surface area contributed by atoms with Gasteiger partial charge in [0.05, 0.1) is 5.69 Å². The van der Waals surface area contributed by atoms with Gasteiger partial charge in [0, 0.05) is 18.7 Å². The van der Waals surface area contributed by atoms with Gasteiger partial charge in [-0.2, -0.15) is 5.10 Å². The molecule has 1 aromatic heterocycles. The molecule has 0 saturated carbocycles. The molecular weight excluding hydrogens is 142 g/mol. The molecule has 11 heavy (non-hydrogen) atoms. The predicted molar refractivity (Wildman–Crippen MR) is 39.1 cm³/mol. The van der Waals surface area contributed by atoms with Gasteiger partial charge in [-0.05, 0) is 7.05 Å². The van der Waals surface area contributed by atoms with Gasteiger partial charge < -0.3 is 0 Å². The first-order chi connectivity index (χ1) is 5.31. The highest BCUT2D eigenvalue weighted by Gasteiger charge is 2.21. The van der Waals surface area contributed by atoms with Crippen molar-refractivity contribution < 1.29 is 4.79 Å². The number of hydrogen-bond donors (Lipinski definition) is 1. The molecule has 0 saturated heterocycles. The maximum absolute atomic E-state index is 10.4. The van der Waals surface area contributed by atoms with Gasteiger partial charge in [-0.3, -0.25) is 14.8 Å². The summed E-state index contributed by atoms with van der Waals surface area (Å²) in [7, 11) is 2.02. The van der Waals surface area contributed by atoms with Crippen molar-refractivity contribution in [2.24, 2.45) is 0 Å². The molecule has 1 aliphatic rings. The Bertz CT molecular complexity index is 292. The molecular formula is C7H9N3O. The Balaban J connectivity index is 2.44. The van der Waals surface area contributed by atoms with Crippen LogP contribution in [-0.2, 0) is 13.1 Å². The largest absolute Gasteiger partial charge is 0.296 e. The van der Waals surface area contributed by atoms with E-state index in [1.807, 2.05) is 7.05 Å². The lowest BCUT2D eigenvalue weighted by Gasteiger charge is -2.03. The molecule has 0 amide bonds. The fourth-order valence-corrected chi connectivity index (χ4v) is 1.42. The third-order valence-electron chi connectivity index (χ3n) is 1.95. The molecule has 1 aromatic rings. The van der Waals surface area contributed by atoms with Crippen molar-refractivity contribution in [3.63, 3.8) is 0 Å². The number of aldehydes is 1. The van der Waals surface area contributed by atoms with Crippen LogP contribution in [0.4, 0.5) is 0 Å². The summed E-state index contributed by atoms with van der Waals surface area (Å²) >= 11 is 0. The summed E-state index contributed by atoms with van der Waals surface area (Å²) in [6.07, 6.45) is 0.800. The number of carbonyl (C=O) groups excluding carboxylic acids is 1. The lowest BCUT2D eigenvalue weighted by atomic mass is 10.2. The Hall–Kier alpha value is -1.16. The van der Waals surface area contributed by atoms with E-state index >= 15 is 0 Å². The Kier molecular flexibility index (Phi) is 1.29. The van der Waals surface area contributed by atoms with E-state index in [4.69, 9.17) is 0 Å². The fraction of sp³-hybridized carbons (Fsp3) is 0.429.